The number of hydrogen-bond acceptors (Lipinski definition) is 2. The molecule has 4 rings (SSSR count). The van der Waals surface area contributed by atoms with E-state index in [-0.39, 0.29) is 12.0 Å². The van der Waals surface area contributed by atoms with Crippen LogP contribution >= 0.6 is 11.6 Å². The predicted octanol–water partition coefficient (Wildman–Crippen LogP) is 4.81. The van der Waals surface area contributed by atoms with Gasteiger partial charge in [0, 0.05) is 41.9 Å². The maximum absolute atomic E-state index is 12.8. The SMILES string of the molecule is Cc1ccc(OC2CCN(C(=O)c3cc4cc(Cl)ccc4[nH]3)CC2)cc1. The van der Waals surface area contributed by atoms with Crippen molar-refractivity contribution in [1.82, 2.24) is 9.88 Å². The molecule has 1 fully saturated rings. The standard InChI is InChI=1S/C21H21ClN2O2/c1-14-2-5-17(6-3-14)26-18-8-10-24(11-9-18)21(25)20-13-15-12-16(22)4-7-19(15)23-20/h2-7,12-13,18,23H,8-11H2,1H3. The van der Waals surface area contributed by atoms with Crippen LogP contribution in [0.25, 0.3) is 10.9 Å². The molecule has 26 heavy (non-hydrogen) atoms. The Morgan fingerprint density at radius 1 is 1.12 bits per heavy atom. The molecule has 0 unspecified atom stereocenters. The number of amides is 1. The highest BCUT2D eigenvalue weighted by Gasteiger charge is 2.25. The molecule has 0 saturated carbocycles. The predicted molar refractivity (Wildman–Crippen MR) is 104 cm³/mol. The summed E-state index contributed by atoms with van der Waals surface area (Å²) in [5, 5.41) is 1.63. The Bertz CT molecular complexity index is 925. The lowest BCUT2D eigenvalue weighted by Gasteiger charge is -2.32. The van der Waals surface area contributed by atoms with Gasteiger partial charge in [0.05, 0.1) is 0 Å². The molecule has 0 aliphatic carbocycles. The molecule has 4 nitrogen and oxygen atoms in total. The van der Waals surface area contributed by atoms with Gasteiger partial charge in [-0.3, -0.25) is 4.79 Å². The number of aryl methyl sites for hydroxylation is 1. The molecule has 1 aliphatic heterocycles. The zero-order valence-corrected chi connectivity index (χ0v) is 15.4. The van der Waals surface area contributed by atoms with Gasteiger partial charge in [0.1, 0.15) is 17.5 Å². The molecular weight excluding hydrogens is 348 g/mol. The summed E-state index contributed by atoms with van der Waals surface area (Å²) in [7, 11) is 0. The summed E-state index contributed by atoms with van der Waals surface area (Å²) in [4.78, 5) is 17.9. The molecule has 0 spiro atoms. The Balaban J connectivity index is 1.38. The highest BCUT2D eigenvalue weighted by Crippen LogP contribution is 2.23. The molecular formula is C21H21ClN2O2. The van der Waals surface area contributed by atoms with Crippen molar-refractivity contribution >= 4 is 28.4 Å². The van der Waals surface area contributed by atoms with Crippen LogP contribution in [0.2, 0.25) is 5.02 Å². The molecule has 0 atom stereocenters. The third kappa shape index (κ3) is 3.56. The van der Waals surface area contributed by atoms with E-state index in [2.05, 4.69) is 24.0 Å². The molecule has 2 aromatic carbocycles. The maximum atomic E-state index is 12.8. The van der Waals surface area contributed by atoms with E-state index in [0.717, 1.165) is 29.5 Å². The Labute approximate surface area is 157 Å². The number of halogens is 1. The molecule has 2 heterocycles. The van der Waals surface area contributed by atoms with Crippen LogP contribution in [0.4, 0.5) is 0 Å². The van der Waals surface area contributed by atoms with Crippen LogP contribution in [-0.2, 0) is 0 Å². The zero-order chi connectivity index (χ0) is 18.1. The summed E-state index contributed by atoms with van der Waals surface area (Å²) in [5.74, 6) is 0.930. The van der Waals surface area contributed by atoms with Crippen molar-refractivity contribution in [2.45, 2.75) is 25.9 Å². The number of aromatic nitrogens is 1. The van der Waals surface area contributed by atoms with Gasteiger partial charge in [-0.15, -0.1) is 0 Å². The Kier molecular flexibility index (Phi) is 4.60. The molecule has 0 radical (unpaired) electrons. The van der Waals surface area contributed by atoms with Crippen LogP contribution in [-0.4, -0.2) is 35.0 Å². The number of likely N-dealkylation sites (tertiary alicyclic amines) is 1. The van der Waals surface area contributed by atoms with Gasteiger partial charge < -0.3 is 14.6 Å². The van der Waals surface area contributed by atoms with Crippen LogP contribution in [0.5, 0.6) is 5.75 Å². The highest BCUT2D eigenvalue weighted by atomic mass is 35.5. The smallest absolute Gasteiger partial charge is 0.270 e. The highest BCUT2D eigenvalue weighted by molar-refractivity contribution is 6.31. The first-order valence-electron chi connectivity index (χ1n) is 8.89. The van der Waals surface area contributed by atoms with E-state index in [1.165, 1.54) is 5.56 Å². The van der Waals surface area contributed by atoms with Crippen molar-refractivity contribution in [3.05, 3.63) is 64.8 Å². The summed E-state index contributed by atoms with van der Waals surface area (Å²) in [6.45, 7) is 3.46. The zero-order valence-electron chi connectivity index (χ0n) is 14.7. The van der Waals surface area contributed by atoms with Gasteiger partial charge in [0.2, 0.25) is 0 Å². The molecule has 5 heteroatoms. The van der Waals surface area contributed by atoms with E-state index in [1.54, 1.807) is 0 Å². The van der Waals surface area contributed by atoms with E-state index >= 15 is 0 Å². The summed E-state index contributed by atoms with van der Waals surface area (Å²) >= 11 is 6.02. The molecule has 134 valence electrons. The normalized spacial score (nSPS) is 15.4. The number of nitrogens with one attached hydrogen (secondary N) is 1. The van der Waals surface area contributed by atoms with Crippen molar-refractivity contribution in [2.75, 3.05) is 13.1 Å². The number of fused-ring (bicyclic) bond motifs is 1. The minimum absolute atomic E-state index is 0.0334. The van der Waals surface area contributed by atoms with E-state index in [1.807, 2.05) is 41.3 Å². The topological polar surface area (TPSA) is 45.3 Å². The Morgan fingerprint density at radius 2 is 1.85 bits per heavy atom. The van der Waals surface area contributed by atoms with Crippen molar-refractivity contribution in [2.24, 2.45) is 0 Å². The van der Waals surface area contributed by atoms with Gasteiger partial charge in [0.25, 0.3) is 5.91 Å². The maximum Gasteiger partial charge on any atom is 0.270 e. The third-order valence-corrected chi connectivity index (χ3v) is 5.10. The van der Waals surface area contributed by atoms with E-state index in [0.29, 0.717) is 23.8 Å². The average Bonchev–Trinajstić information content (AvgIpc) is 3.07. The molecule has 1 aliphatic rings. The van der Waals surface area contributed by atoms with Crippen molar-refractivity contribution in [3.8, 4) is 5.75 Å². The second kappa shape index (κ2) is 7.04. The van der Waals surface area contributed by atoms with Gasteiger partial charge in [0.15, 0.2) is 0 Å². The van der Waals surface area contributed by atoms with E-state index in [4.69, 9.17) is 16.3 Å². The molecule has 1 N–H and O–H groups in total. The number of hydrogen-bond donors (Lipinski definition) is 1. The van der Waals surface area contributed by atoms with Gasteiger partial charge >= 0.3 is 0 Å². The van der Waals surface area contributed by atoms with Crippen LogP contribution in [0, 0.1) is 6.92 Å². The second-order valence-electron chi connectivity index (χ2n) is 6.84. The Morgan fingerprint density at radius 3 is 2.58 bits per heavy atom. The lowest BCUT2D eigenvalue weighted by molar-refractivity contribution is 0.0591. The summed E-state index contributed by atoms with van der Waals surface area (Å²) in [6, 6.07) is 15.6. The number of carbonyl (C=O) groups is 1. The minimum Gasteiger partial charge on any atom is -0.490 e. The number of ether oxygens (including phenoxy) is 1. The van der Waals surface area contributed by atoms with Crippen LogP contribution in [0.1, 0.15) is 28.9 Å². The summed E-state index contributed by atoms with van der Waals surface area (Å²) in [6.07, 6.45) is 1.83. The van der Waals surface area contributed by atoms with Crippen LogP contribution in [0.3, 0.4) is 0 Å². The number of H-pyrrole nitrogens is 1. The monoisotopic (exact) mass is 368 g/mol. The number of rotatable bonds is 3. The van der Waals surface area contributed by atoms with Crippen molar-refractivity contribution in [1.29, 1.82) is 0 Å². The summed E-state index contributed by atoms with van der Waals surface area (Å²) < 4.78 is 6.04. The van der Waals surface area contributed by atoms with Crippen molar-refractivity contribution < 1.29 is 9.53 Å². The number of nitrogens with zero attached hydrogens (tertiary/aromatic N) is 1. The Hall–Kier alpha value is -2.46. The minimum atomic E-state index is 0.0334. The molecule has 0 bridgehead atoms. The van der Waals surface area contributed by atoms with Crippen molar-refractivity contribution in [3.63, 3.8) is 0 Å². The fourth-order valence-corrected chi connectivity index (χ4v) is 3.56. The first-order valence-corrected chi connectivity index (χ1v) is 9.27. The third-order valence-electron chi connectivity index (χ3n) is 4.87. The van der Waals surface area contributed by atoms with E-state index < -0.39 is 0 Å². The first-order chi connectivity index (χ1) is 12.6. The first kappa shape index (κ1) is 17.0. The van der Waals surface area contributed by atoms with Crippen LogP contribution < -0.4 is 4.74 Å². The molecule has 1 aromatic heterocycles. The second-order valence-corrected chi connectivity index (χ2v) is 7.27. The fraction of sp³-hybridized carbons (Fsp3) is 0.286. The molecule has 1 saturated heterocycles. The lowest BCUT2D eigenvalue weighted by atomic mass is 10.1. The number of aromatic amines is 1. The quantitative estimate of drug-likeness (QED) is 0.720. The van der Waals surface area contributed by atoms with Gasteiger partial charge in [-0.2, -0.15) is 0 Å². The lowest BCUT2D eigenvalue weighted by Crippen LogP contribution is -2.41. The largest absolute Gasteiger partial charge is 0.490 e. The number of carbonyl (C=O) groups excluding carboxylic acids is 1. The molecule has 1 amide bonds. The fourth-order valence-electron chi connectivity index (χ4n) is 3.38. The molecule has 3 aromatic rings. The number of benzene rings is 2. The van der Waals surface area contributed by atoms with Gasteiger partial charge in [-0.1, -0.05) is 29.3 Å². The number of piperidine rings is 1. The average molecular weight is 369 g/mol. The summed E-state index contributed by atoms with van der Waals surface area (Å²) in [5.41, 5.74) is 2.76. The van der Waals surface area contributed by atoms with Gasteiger partial charge in [-0.25, -0.2) is 0 Å². The van der Waals surface area contributed by atoms with Crippen LogP contribution in [0.15, 0.2) is 48.5 Å². The van der Waals surface area contributed by atoms with Gasteiger partial charge in [-0.05, 0) is 43.3 Å². The van der Waals surface area contributed by atoms with E-state index in [9.17, 15) is 4.79 Å².